The molecule has 3 heteroatoms. The third-order valence-electron chi connectivity index (χ3n) is 3.83. The van der Waals surface area contributed by atoms with E-state index in [0.29, 0.717) is 11.7 Å². The quantitative estimate of drug-likeness (QED) is 0.669. The van der Waals surface area contributed by atoms with Crippen LogP contribution < -0.4 is 0 Å². The predicted molar refractivity (Wildman–Crippen MR) is 52.1 cm³/mol. The molecule has 14 heavy (non-hydrogen) atoms. The summed E-state index contributed by atoms with van der Waals surface area (Å²) in [5, 5.41) is 0. The molecule has 2 aliphatic carbocycles. The minimum Gasteiger partial charge on any atom is -0.333 e. The Morgan fingerprint density at radius 3 is 2.93 bits per heavy atom. The Labute approximate surface area is 83.1 Å². The Balaban J connectivity index is 1.85. The zero-order chi connectivity index (χ0) is 9.54. The molecule has 1 aromatic rings. The van der Waals surface area contributed by atoms with Crippen LogP contribution in [0.2, 0.25) is 0 Å². The fourth-order valence-electron chi connectivity index (χ4n) is 3.17. The third-order valence-corrected chi connectivity index (χ3v) is 3.83. The van der Waals surface area contributed by atoms with Gasteiger partial charge in [0.1, 0.15) is 5.69 Å². The first-order valence-electron chi connectivity index (χ1n) is 5.35. The smallest absolute Gasteiger partial charge is 0.169 e. The summed E-state index contributed by atoms with van der Waals surface area (Å²) in [5.41, 5.74) is 0.563. The van der Waals surface area contributed by atoms with Crippen LogP contribution in [0.4, 0.5) is 0 Å². The van der Waals surface area contributed by atoms with Crippen LogP contribution >= 0.6 is 0 Å². The molecule has 2 aliphatic rings. The number of nitrogens with zero attached hydrogens (tertiary/aromatic N) is 2. The molecule has 3 atom stereocenters. The lowest BCUT2D eigenvalue weighted by molar-refractivity contribution is 0.111. The van der Waals surface area contributed by atoms with Gasteiger partial charge in [-0.25, -0.2) is 4.98 Å². The first kappa shape index (κ1) is 8.21. The van der Waals surface area contributed by atoms with Crippen molar-refractivity contribution in [1.82, 2.24) is 9.55 Å². The first-order chi connectivity index (χ1) is 6.86. The molecule has 0 spiro atoms. The normalized spacial score (nSPS) is 35.0. The maximum Gasteiger partial charge on any atom is 0.169 e. The zero-order valence-corrected chi connectivity index (χ0v) is 8.10. The lowest BCUT2D eigenvalue weighted by Crippen LogP contribution is -2.14. The van der Waals surface area contributed by atoms with E-state index in [1.807, 2.05) is 12.5 Å². The SMILES string of the molecule is O=Cc1cn([C@H]2C[C@@H]3CC[C@H]2C3)cn1. The van der Waals surface area contributed by atoms with Crippen LogP contribution in [0.1, 0.15) is 42.2 Å². The van der Waals surface area contributed by atoms with Crippen molar-refractivity contribution in [2.45, 2.75) is 31.7 Å². The number of hydrogen-bond acceptors (Lipinski definition) is 2. The number of carbonyl (C=O) groups excluding carboxylic acids is 1. The summed E-state index contributed by atoms with van der Waals surface area (Å²) in [6.07, 6.45) is 9.98. The minimum absolute atomic E-state index is 0.563. The van der Waals surface area contributed by atoms with E-state index in [2.05, 4.69) is 9.55 Å². The van der Waals surface area contributed by atoms with Crippen LogP contribution in [-0.2, 0) is 0 Å². The maximum atomic E-state index is 10.5. The van der Waals surface area contributed by atoms with Crippen LogP contribution in [0.3, 0.4) is 0 Å². The zero-order valence-electron chi connectivity index (χ0n) is 8.10. The lowest BCUT2D eigenvalue weighted by Gasteiger charge is -2.22. The van der Waals surface area contributed by atoms with Gasteiger partial charge in [0.15, 0.2) is 6.29 Å². The van der Waals surface area contributed by atoms with Crippen molar-refractivity contribution in [3.05, 3.63) is 18.2 Å². The molecule has 0 aromatic carbocycles. The summed E-state index contributed by atoms with van der Waals surface area (Å²) in [4.78, 5) is 14.6. The topological polar surface area (TPSA) is 34.9 Å². The average Bonchev–Trinajstić information content (AvgIpc) is 2.93. The highest BCUT2D eigenvalue weighted by molar-refractivity contribution is 5.70. The highest BCUT2D eigenvalue weighted by Crippen LogP contribution is 2.50. The number of rotatable bonds is 2. The van der Waals surface area contributed by atoms with E-state index in [1.165, 1.54) is 25.7 Å². The molecule has 74 valence electrons. The van der Waals surface area contributed by atoms with E-state index in [1.54, 1.807) is 0 Å². The molecule has 0 N–H and O–H groups in total. The summed E-state index contributed by atoms with van der Waals surface area (Å²) in [5.74, 6) is 1.78. The van der Waals surface area contributed by atoms with Crippen molar-refractivity contribution in [2.24, 2.45) is 11.8 Å². The Bertz CT molecular complexity index is 358. The number of aldehydes is 1. The van der Waals surface area contributed by atoms with Crippen molar-refractivity contribution in [3.63, 3.8) is 0 Å². The van der Waals surface area contributed by atoms with Crippen LogP contribution in [0, 0.1) is 11.8 Å². The highest BCUT2D eigenvalue weighted by atomic mass is 16.1. The number of aromatic nitrogens is 2. The summed E-state index contributed by atoms with van der Waals surface area (Å²) >= 11 is 0. The summed E-state index contributed by atoms with van der Waals surface area (Å²) in [7, 11) is 0. The van der Waals surface area contributed by atoms with Crippen LogP contribution in [0.5, 0.6) is 0 Å². The fourth-order valence-corrected chi connectivity index (χ4v) is 3.17. The molecule has 2 saturated carbocycles. The van der Waals surface area contributed by atoms with Crippen LogP contribution in [-0.4, -0.2) is 15.8 Å². The number of imidazole rings is 1. The third kappa shape index (κ3) is 1.11. The van der Waals surface area contributed by atoms with Gasteiger partial charge in [-0.1, -0.05) is 6.42 Å². The van der Waals surface area contributed by atoms with E-state index in [-0.39, 0.29) is 0 Å². The Morgan fingerprint density at radius 1 is 1.43 bits per heavy atom. The fraction of sp³-hybridized carbons (Fsp3) is 0.636. The molecule has 3 rings (SSSR count). The molecular formula is C11H14N2O. The maximum absolute atomic E-state index is 10.5. The number of carbonyl (C=O) groups is 1. The molecule has 1 heterocycles. The van der Waals surface area contributed by atoms with Gasteiger partial charge >= 0.3 is 0 Å². The Morgan fingerprint density at radius 2 is 2.36 bits per heavy atom. The molecule has 0 aliphatic heterocycles. The van der Waals surface area contributed by atoms with E-state index in [4.69, 9.17) is 0 Å². The van der Waals surface area contributed by atoms with Crippen LogP contribution in [0.15, 0.2) is 12.5 Å². The van der Waals surface area contributed by atoms with Gasteiger partial charge in [0.2, 0.25) is 0 Å². The average molecular weight is 190 g/mol. The van der Waals surface area contributed by atoms with Gasteiger partial charge in [-0.2, -0.15) is 0 Å². The van der Waals surface area contributed by atoms with Crippen molar-refractivity contribution in [1.29, 1.82) is 0 Å². The van der Waals surface area contributed by atoms with Crippen LogP contribution in [0.25, 0.3) is 0 Å². The highest BCUT2D eigenvalue weighted by Gasteiger charge is 2.40. The largest absolute Gasteiger partial charge is 0.333 e. The second kappa shape index (κ2) is 2.94. The van der Waals surface area contributed by atoms with E-state index >= 15 is 0 Å². The summed E-state index contributed by atoms with van der Waals surface area (Å²) in [6.45, 7) is 0. The molecule has 0 amide bonds. The van der Waals surface area contributed by atoms with Gasteiger partial charge in [0, 0.05) is 12.2 Å². The second-order valence-electron chi connectivity index (χ2n) is 4.61. The van der Waals surface area contributed by atoms with Crippen molar-refractivity contribution in [3.8, 4) is 0 Å². The molecule has 2 fully saturated rings. The Kier molecular flexibility index (Phi) is 1.72. The van der Waals surface area contributed by atoms with Crippen molar-refractivity contribution >= 4 is 6.29 Å². The van der Waals surface area contributed by atoms with E-state index in [0.717, 1.165) is 18.1 Å². The van der Waals surface area contributed by atoms with E-state index in [9.17, 15) is 4.79 Å². The molecular weight excluding hydrogens is 176 g/mol. The van der Waals surface area contributed by atoms with Gasteiger partial charge in [0.05, 0.1) is 6.33 Å². The monoisotopic (exact) mass is 190 g/mol. The van der Waals surface area contributed by atoms with Gasteiger partial charge in [-0.05, 0) is 31.1 Å². The predicted octanol–water partition coefficient (Wildman–Crippen LogP) is 2.06. The van der Waals surface area contributed by atoms with Crippen molar-refractivity contribution < 1.29 is 4.79 Å². The van der Waals surface area contributed by atoms with Gasteiger partial charge in [0.25, 0.3) is 0 Å². The standard InChI is InChI=1S/C11H14N2O/c14-6-10-5-13(7-12-10)11-4-8-1-2-9(11)3-8/h5-9,11H,1-4H2/t8-,9+,11+/m1/s1. The number of fused-ring (bicyclic) bond motifs is 2. The van der Waals surface area contributed by atoms with Gasteiger partial charge in [-0.3, -0.25) is 4.79 Å². The molecule has 1 aromatic heterocycles. The number of hydrogen-bond donors (Lipinski definition) is 0. The second-order valence-corrected chi connectivity index (χ2v) is 4.61. The van der Waals surface area contributed by atoms with E-state index < -0.39 is 0 Å². The Hall–Kier alpha value is -1.12. The van der Waals surface area contributed by atoms with Gasteiger partial charge < -0.3 is 4.57 Å². The molecule has 0 radical (unpaired) electrons. The minimum atomic E-state index is 0.563. The lowest BCUT2D eigenvalue weighted by atomic mass is 9.95. The summed E-state index contributed by atoms with van der Waals surface area (Å²) < 4.78 is 2.15. The van der Waals surface area contributed by atoms with Crippen molar-refractivity contribution in [2.75, 3.05) is 0 Å². The summed E-state index contributed by atoms with van der Waals surface area (Å²) in [6, 6.07) is 0.620. The first-order valence-corrected chi connectivity index (χ1v) is 5.35. The van der Waals surface area contributed by atoms with Gasteiger partial charge in [-0.15, -0.1) is 0 Å². The molecule has 0 saturated heterocycles. The molecule has 2 bridgehead atoms. The molecule has 0 unspecified atom stereocenters. The molecule has 3 nitrogen and oxygen atoms in total.